The minimum atomic E-state index is -4.66. The summed E-state index contributed by atoms with van der Waals surface area (Å²) in [6.07, 6.45) is -1.28. The van der Waals surface area contributed by atoms with Gasteiger partial charge in [-0.05, 0) is 85.6 Å². The molecule has 1 fully saturated rings. The van der Waals surface area contributed by atoms with Gasteiger partial charge in [-0.25, -0.2) is 9.18 Å². The van der Waals surface area contributed by atoms with Crippen molar-refractivity contribution in [1.82, 2.24) is 19.4 Å². The number of carbonyl (C=O) groups excluding carboxylic acids is 3. The number of benzene rings is 1. The Bertz CT molecular complexity index is 1570. The molecule has 0 aliphatic carbocycles. The SMILES string of the molecule is Cc1c(C(=O)[C@@H]2CCN(C(=O)OC(C)(C)C)[C@@H](C)C2)c2ccncc2n1-c1ccc(F)cc1C(=O)N(CC(F)(F)F)C(C)C. The van der Waals surface area contributed by atoms with E-state index in [4.69, 9.17) is 4.74 Å². The minimum Gasteiger partial charge on any atom is -0.444 e. The first-order valence-electron chi connectivity index (χ1n) is 14.6. The number of aromatic nitrogens is 2. The number of alkyl halides is 3. The van der Waals surface area contributed by atoms with E-state index in [1.54, 1.807) is 43.2 Å². The first kappa shape index (κ1) is 32.9. The van der Waals surface area contributed by atoms with Crippen LogP contribution in [-0.2, 0) is 4.74 Å². The molecule has 4 rings (SSSR count). The molecule has 1 aromatic carbocycles. The second-order valence-corrected chi connectivity index (χ2v) is 12.6. The van der Waals surface area contributed by atoms with E-state index < -0.39 is 48.1 Å². The number of rotatable bonds is 6. The van der Waals surface area contributed by atoms with Crippen LogP contribution in [0.5, 0.6) is 0 Å². The van der Waals surface area contributed by atoms with E-state index in [9.17, 15) is 31.9 Å². The lowest BCUT2D eigenvalue weighted by Crippen LogP contribution is -2.48. The average molecular weight is 619 g/mol. The smallest absolute Gasteiger partial charge is 0.410 e. The molecule has 2 aromatic heterocycles. The van der Waals surface area contributed by atoms with Crippen molar-refractivity contribution in [2.75, 3.05) is 13.1 Å². The Balaban J connectivity index is 1.76. The highest BCUT2D eigenvalue weighted by Gasteiger charge is 2.38. The lowest BCUT2D eigenvalue weighted by molar-refractivity contribution is -0.143. The zero-order chi connectivity index (χ0) is 32.7. The van der Waals surface area contributed by atoms with Crippen LogP contribution in [0.2, 0.25) is 0 Å². The fourth-order valence-corrected chi connectivity index (χ4v) is 5.80. The van der Waals surface area contributed by atoms with Gasteiger partial charge in [0.15, 0.2) is 5.78 Å². The number of piperidine rings is 1. The largest absolute Gasteiger partial charge is 0.444 e. The van der Waals surface area contributed by atoms with Crippen molar-refractivity contribution in [2.45, 2.75) is 85.2 Å². The maximum atomic E-state index is 14.5. The lowest BCUT2D eigenvalue weighted by Gasteiger charge is -2.37. The number of amides is 2. The number of pyridine rings is 1. The molecule has 44 heavy (non-hydrogen) atoms. The fourth-order valence-electron chi connectivity index (χ4n) is 5.80. The molecule has 8 nitrogen and oxygen atoms in total. The predicted octanol–water partition coefficient (Wildman–Crippen LogP) is 7.10. The second kappa shape index (κ2) is 12.2. The van der Waals surface area contributed by atoms with Crippen molar-refractivity contribution in [3.05, 3.63) is 59.3 Å². The van der Waals surface area contributed by atoms with Crippen LogP contribution in [0.25, 0.3) is 16.6 Å². The van der Waals surface area contributed by atoms with Gasteiger partial charge in [0.25, 0.3) is 5.91 Å². The van der Waals surface area contributed by atoms with Gasteiger partial charge in [-0.3, -0.25) is 14.6 Å². The van der Waals surface area contributed by atoms with Crippen molar-refractivity contribution >= 4 is 28.7 Å². The Labute approximate surface area is 254 Å². The molecule has 3 aromatic rings. The van der Waals surface area contributed by atoms with Gasteiger partial charge in [-0.1, -0.05) is 0 Å². The predicted molar refractivity (Wildman–Crippen MR) is 157 cm³/mol. The van der Waals surface area contributed by atoms with Crippen LogP contribution in [0.3, 0.4) is 0 Å². The van der Waals surface area contributed by atoms with Gasteiger partial charge < -0.3 is 19.1 Å². The highest BCUT2D eigenvalue weighted by Crippen LogP contribution is 2.36. The Morgan fingerprint density at radius 3 is 2.41 bits per heavy atom. The number of nitrogens with zero attached hydrogens (tertiary/aromatic N) is 4. The van der Waals surface area contributed by atoms with Gasteiger partial charge in [-0.2, -0.15) is 13.2 Å². The Hall–Kier alpha value is -3.96. The molecule has 12 heteroatoms. The number of ketones is 1. The Morgan fingerprint density at radius 1 is 1.14 bits per heavy atom. The topological polar surface area (TPSA) is 84.7 Å². The summed E-state index contributed by atoms with van der Waals surface area (Å²) in [5.74, 6) is -2.37. The summed E-state index contributed by atoms with van der Waals surface area (Å²) in [4.78, 5) is 46.9. The summed E-state index contributed by atoms with van der Waals surface area (Å²) < 4.78 is 61.9. The number of hydrogen-bond donors (Lipinski definition) is 0. The molecule has 0 spiro atoms. The average Bonchev–Trinajstić information content (AvgIpc) is 3.20. The molecule has 0 unspecified atom stereocenters. The third-order valence-electron chi connectivity index (χ3n) is 7.79. The van der Waals surface area contributed by atoms with Crippen LogP contribution in [0.1, 0.15) is 80.8 Å². The summed E-state index contributed by atoms with van der Waals surface area (Å²) in [5, 5.41) is 0.545. The third kappa shape index (κ3) is 6.89. The molecular weight excluding hydrogens is 580 g/mol. The van der Waals surface area contributed by atoms with Crippen molar-refractivity contribution < 1.29 is 36.7 Å². The molecule has 0 radical (unpaired) electrons. The molecular formula is C32H38F4N4O4. The van der Waals surface area contributed by atoms with Gasteiger partial charge in [0.1, 0.15) is 18.0 Å². The maximum Gasteiger partial charge on any atom is 0.410 e. The summed E-state index contributed by atoms with van der Waals surface area (Å²) in [6, 6.07) is 3.94. The summed E-state index contributed by atoms with van der Waals surface area (Å²) in [5.41, 5.74) is 0.463. The summed E-state index contributed by atoms with van der Waals surface area (Å²) in [6.45, 7) is 10.6. The molecule has 0 saturated carbocycles. The molecule has 1 saturated heterocycles. The molecule has 2 amide bonds. The molecule has 3 heterocycles. The molecule has 0 bridgehead atoms. The third-order valence-corrected chi connectivity index (χ3v) is 7.79. The maximum absolute atomic E-state index is 14.5. The highest BCUT2D eigenvalue weighted by molar-refractivity contribution is 6.11. The van der Waals surface area contributed by atoms with E-state index in [1.807, 2.05) is 6.92 Å². The van der Waals surface area contributed by atoms with Crippen LogP contribution in [-0.4, -0.2) is 74.1 Å². The summed E-state index contributed by atoms with van der Waals surface area (Å²) >= 11 is 0. The minimum absolute atomic E-state index is 0.131. The normalized spacial score (nSPS) is 17.7. The van der Waals surface area contributed by atoms with E-state index in [2.05, 4.69) is 4.98 Å². The number of likely N-dealkylation sites (tertiary alicyclic amines) is 1. The second-order valence-electron chi connectivity index (χ2n) is 12.6. The van der Waals surface area contributed by atoms with Crippen LogP contribution < -0.4 is 0 Å². The Morgan fingerprint density at radius 2 is 1.82 bits per heavy atom. The fraction of sp³-hybridized carbons (Fsp3) is 0.500. The van der Waals surface area contributed by atoms with Gasteiger partial charge in [0.2, 0.25) is 0 Å². The standard InChI is InChI=1S/C32H38F4N4O4/c1-18(2)39(17-32(34,35)36)29(42)24-15-22(33)8-9-25(24)40-20(4)27(23-10-12-37-16-26(23)40)28(41)21-11-13-38(19(3)14-21)30(43)44-31(5,6)7/h8-10,12,15-16,18-19,21H,11,13-14,17H2,1-7H3/t19-,21+/m0/s1. The monoisotopic (exact) mass is 618 g/mol. The quantitative estimate of drug-likeness (QED) is 0.217. The molecule has 1 aliphatic rings. The van der Waals surface area contributed by atoms with Crippen molar-refractivity contribution in [1.29, 1.82) is 0 Å². The molecule has 1 aliphatic heterocycles. The van der Waals surface area contributed by atoms with Crippen LogP contribution in [0, 0.1) is 18.7 Å². The Kier molecular flexibility index (Phi) is 9.14. The van der Waals surface area contributed by atoms with Crippen LogP contribution >= 0.6 is 0 Å². The van der Waals surface area contributed by atoms with E-state index in [0.29, 0.717) is 46.4 Å². The van der Waals surface area contributed by atoms with Crippen LogP contribution in [0.15, 0.2) is 36.7 Å². The first-order valence-corrected chi connectivity index (χ1v) is 14.6. The first-order chi connectivity index (χ1) is 20.4. The van der Waals surface area contributed by atoms with Crippen molar-refractivity contribution in [2.24, 2.45) is 5.92 Å². The van der Waals surface area contributed by atoms with E-state index >= 15 is 0 Å². The van der Waals surface area contributed by atoms with Crippen molar-refractivity contribution in [3.8, 4) is 5.69 Å². The van der Waals surface area contributed by atoms with E-state index in [1.165, 1.54) is 32.3 Å². The van der Waals surface area contributed by atoms with Gasteiger partial charge in [0, 0.05) is 47.4 Å². The van der Waals surface area contributed by atoms with E-state index in [-0.39, 0.29) is 23.1 Å². The van der Waals surface area contributed by atoms with Gasteiger partial charge in [-0.15, -0.1) is 0 Å². The number of halogens is 4. The number of fused-ring (bicyclic) bond motifs is 1. The van der Waals surface area contributed by atoms with Gasteiger partial charge in [0.05, 0.1) is 23.0 Å². The number of Topliss-reactive ketones (excluding diaryl/α,β-unsaturated/α-hetero) is 1. The van der Waals surface area contributed by atoms with Gasteiger partial charge >= 0.3 is 12.3 Å². The number of ether oxygens (including phenoxy) is 1. The molecule has 238 valence electrons. The number of hydrogen-bond acceptors (Lipinski definition) is 5. The lowest BCUT2D eigenvalue weighted by atomic mass is 9.85. The van der Waals surface area contributed by atoms with Crippen LogP contribution in [0.4, 0.5) is 22.4 Å². The zero-order valence-corrected chi connectivity index (χ0v) is 26.0. The molecule has 0 N–H and O–H groups in total. The highest BCUT2D eigenvalue weighted by atomic mass is 19.4. The molecule has 2 atom stereocenters. The number of carbonyl (C=O) groups is 3. The zero-order valence-electron chi connectivity index (χ0n) is 26.0. The van der Waals surface area contributed by atoms with Crippen molar-refractivity contribution in [3.63, 3.8) is 0 Å². The summed E-state index contributed by atoms with van der Waals surface area (Å²) in [7, 11) is 0. The van der Waals surface area contributed by atoms with E-state index in [0.717, 1.165) is 12.1 Å².